The van der Waals surface area contributed by atoms with Crippen molar-refractivity contribution in [2.24, 2.45) is 0 Å². The highest BCUT2D eigenvalue weighted by Gasteiger charge is 2.41. The van der Waals surface area contributed by atoms with Crippen LogP contribution in [0.5, 0.6) is 5.75 Å². The van der Waals surface area contributed by atoms with Crippen LogP contribution < -0.4 is 10.2 Å². The number of hydrogen-bond acceptors (Lipinski definition) is 6. The van der Waals surface area contributed by atoms with Gasteiger partial charge in [0.25, 0.3) is 0 Å². The van der Waals surface area contributed by atoms with Crippen LogP contribution in [0.3, 0.4) is 0 Å². The lowest BCUT2D eigenvalue weighted by Gasteiger charge is -2.35. The number of hydrogen-bond donors (Lipinski definition) is 2. The molecule has 1 amide bonds. The Bertz CT molecular complexity index is 618. The Balaban J connectivity index is 2.02. The Hall–Kier alpha value is -1.92. The normalized spacial score (nSPS) is 16.9. The summed E-state index contributed by atoms with van der Waals surface area (Å²) in [5.74, 6) is 6.31. The maximum Gasteiger partial charge on any atom is 0.431 e. The summed E-state index contributed by atoms with van der Waals surface area (Å²) in [4.78, 5) is 12.0. The van der Waals surface area contributed by atoms with E-state index in [2.05, 4.69) is 11.8 Å². The minimum atomic E-state index is -1.38. The van der Waals surface area contributed by atoms with Crippen molar-refractivity contribution in [2.75, 3.05) is 25.6 Å². The molecule has 2 N–H and O–H groups in total. The summed E-state index contributed by atoms with van der Waals surface area (Å²) >= 11 is -1.38. The fraction of sp³-hybridized carbons (Fsp3) is 0.471. The largest absolute Gasteiger partial charge is 0.611 e. The van der Waals surface area contributed by atoms with Gasteiger partial charge in [-0.1, -0.05) is 5.92 Å². The van der Waals surface area contributed by atoms with E-state index in [1.165, 1.54) is 5.48 Å². The van der Waals surface area contributed by atoms with Crippen molar-refractivity contribution in [3.8, 4) is 17.6 Å². The van der Waals surface area contributed by atoms with E-state index in [4.69, 9.17) is 19.4 Å². The van der Waals surface area contributed by atoms with Crippen molar-refractivity contribution in [1.29, 1.82) is 0 Å². The van der Waals surface area contributed by atoms with Crippen LogP contribution in [0, 0.1) is 11.8 Å². The molecule has 1 aromatic carbocycles. The number of amides is 1. The van der Waals surface area contributed by atoms with E-state index >= 15 is 0 Å². The second kappa shape index (κ2) is 9.53. The molecule has 2 rings (SSSR count). The van der Waals surface area contributed by atoms with E-state index in [-0.39, 0.29) is 5.75 Å². The number of nitrogens with one attached hydrogen (secondary N) is 1. The molecule has 7 nitrogen and oxygen atoms in total. The zero-order valence-electron chi connectivity index (χ0n) is 13.9. The fourth-order valence-corrected chi connectivity index (χ4v) is 3.87. The first-order valence-corrected chi connectivity index (χ1v) is 9.12. The number of carbonyl (C=O) groups is 1. The first-order chi connectivity index (χ1) is 12.1. The van der Waals surface area contributed by atoms with Gasteiger partial charge in [0.1, 0.15) is 12.4 Å². The van der Waals surface area contributed by atoms with Gasteiger partial charge in [0.15, 0.2) is 16.2 Å². The van der Waals surface area contributed by atoms with Crippen molar-refractivity contribution in [2.45, 2.75) is 30.3 Å². The molecule has 0 bridgehead atoms. The third-order valence-electron chi connectivity index (χ3n) is 3.77. The summed E-state index contributed by atoms with van der Waals surface area (Å²) in [5, 5.41) is 8.70. The molecule has 1 atom stereocenters. The van der Waals surface area contributed by atoms with E-state index in [0.29, 0.717) is 43.3 Å². The van der Waals surface area contributed by atoms with Crippen LogP contribution in [0.2, 0.25) is 0 Å². The monoisotopic (exact) mass is 367 g/mol. The van der Waals surface area contributed by atoms with Gasteiger partial charge in [0.05, 0.1) is 13.2 Å². The first-order valence-electron chi connectivity index (χ1n) is 7.80. The zero-order valence-corrected chi connectivity index (χ0v) is 14.8. The van der Waals surface area contributed by atoms with Gasteiger partial charge in [0.2, 0.25) is 0 Å². The van der Waals surface area contributed by atoms with Gasteiger partial charge in [-0.25, -0.2) is 10.3 Å². The molecule has 0 radical (unpaired) electrons. The summed E-state index contributed by atoms with van der Waals surface area (Å²) in [6.07, 6.45) is -0.119. The number of rotatable bonds is 6. The van der Waals surface area contributed by atoms with Crippen LogP contribution in [0.25, 0.3) is 0 Å². The predicted molar refractivity (Wildman–Crippen MR) is 90.8 cm³/mol. The third-order valence-corrected chi connectivity index (χ3v) is 5.36. The van der Waals surface area contributed by atoms with Gasteiger partial charge in [-0.15, -0.1) is 5.92 Å². The quantitative estimate of drug-likeness (QED) is 0.345. The van der Waals surface area contributed by atoms with Crippen LogP contribution in [0.1, 0.15) is 19.8 Å². The fourth-order valence-electron chi connectivity index (χ4n) is 2.44. The van der Waals surface area contributed by atoms with Crippen molar-refractivity contribution < 1.29 is 28.8 Å². The van der Waals surface area contributed by atoms with Crippen molar-refractivity contribution in [1.82, 2.24) is 5.48 Å². The zero-order chi connectivity index (χ0) is 18.1. The van der Waals surface area contributed by atoms with Gasteiger partial charge in [-0.05, 0) is 42.4 Å². The molecule has 25 heavy (non-hydrogen) atoms. The molecular weight excluding hydrogens is 346 g/mol. The summed E-state index contributed by atoms with van der Waals surface area (Å²) in [6, 6.07) is 6.87. The van der Waals surface area contributed by atoms with E-state index < -0.39 is 22.9 Å². The number of hydroxylamine groups is 1. The lowest BCUT2D eigenvalue weighted by atomic mass is 9.96. The van der Waals surface area contributed by atoms with Gasteiger partial charge >= 0.3 is 6.09 Å². The van der Waals surface area contributed by atoms with Gasteiger partial charge in [0, 0.05) is 12.8 Å². The maximum absolute atomic E-state index is 12.7. The average molecular weight is 367 g/mol. The summed E-state index contributed by atoms with van der Waals surface area (Å²) in [5.41, 5.74) is 0.525. The van der Waals surface area contributed by atoms with Crippen LogP contribution in [-0.2, 0) is 20.6 Å². The van der Waals surface area contributed by atoms with Gasteiger partial charge in [-0.3, -0.25) is 5.21 Å². The SMILES string of the molecule is CC#CCOc1ccc([S+]([O-])CC2(OC(=O)NO)CCOCC2)cc1. The molecule has 0 aliphatic carbocycles. The first kappa shape index (κ1) is 19.4. The Morgan fingerprint density at radius 2 is 2.08 bits per heavy atom. The maximum atomic E-state index is 12.7. The Labute approximate surface area is 149 Å². The molecule has 0 spiro atoms. The van der Waals surface area contributed by atoms with E-state index in [1.807, 2.05) is 0 Å². The Kier molecular flexibility index (Phi) is 7.40. The van der Waals surface area contributed by atoms with Crippen molar-refractivity contribution in [3.05, 3.63) is 24.3 Å². The lowest BCUT2D eigenvalue weighted by molar-refractivity contribution is -0.0658. The van der Waals surface area contributed by atoms with Crippen LogP contribution in [0.15, 0.2) is 29.2 Å². The number of ether oxygens (including phenoxy) is 3. The molecule has 1 heterocycles. The molecule has 0 saturated carbocycles. The third kappa shape index (κ3) is 5.83. The van der Waals surface area contributed by atoms with Crippen LogP contribution >= 0.6 is 0 Å². The summed E-state index contributed by atoms with van der Waals surface area (Å²) in [6.45, 7) is 2.84. The van der Waals surface area contributed by atoms with Crippen LogP contribution in [-0.4, -0.2) is 47.0 Å². The van der Waals surface area contributed by atoms with Crippen molar-refractivity contribution in [3.63, 3.8) is 0 Å². The van der Waals surface area contributed by atoms with Crippen LogP contribution in [0.4, 0.5) is 4.79 Å². The molecule has 136 valence electrons. The smallest absolute Gasteiger partial charge is 0.431 e. The molecular formula is C17H21NO6S. The molecule has 1 aliphatic heterocycles. The second-order valence-electron chi connectivity index (χ2n) is 5.47. The topological polar surface area (TPSA) is 100 Å². The molecule has 1 fully saturated rings. The molecule has 1 aliphatic rings. The van der Waals surface area contributed by atoms with E-state index in [1.54, 1.807) is 31.2 Å². The number of benzene rings is 1. The molecule has 1 aromatic rings. The Morgan fingerprint density at radius 3 is 2.68 bits per heavy atom. The van der Waals surface area contributed by atoms with Gasteiger partial charge in [-0.2, -0.15) is 0 Å². The molecule has 8 heteroatoms. The predicted octanol–water partition coefficient (Wildman–Crippen LogP) is 1.86. The Morgan fingerprint density at radius 1 is 1.40 bits per heavy atom. The standard InChI is InChI=1S/C17H21NO6S/c1-2-3-10-23-14-4-6-15(7-5-14)25(21)13-17(24-16(19)18-20)8-11-22-12-9-17/h4-7,20H,8-13H2,1H3,(H,18,19). The minimum Gasteiger partial charge on any atom is -0.611 e. The van der Waals surface area contributed by atoms with E-state index in [0.717, 1.165) is 0 Å². The lowest BCUT2D eigenvalue weighted by Crippen LogP contribution is -2.48. The average Bonchev–Trinajstić information content (AvgIpc) is 2.63. The van der Waals surface area contributed by atoms with Gasteiger partial charge < -0.3 is 18.8 Å². The van der Waals surface area contributed by atoms with Crippen molar-refractivity contribution >= 4 is 17.3 Å². The second-order valence-corrected chi connectivity index (χ2v) is 6.92. The molecule has 1 unspecified atom stereocenters. The van der Waals surface area contributed by atoms with E-state index in [9.17, 15) is 9.35 Å². The highest BCUT2D eigenvalue weighted by molar-refractivity contribution is 7.91. The summed E-state index contributed by atoms with van der Waals surface area (Å²) < 4.78 is 28.7. The molecule has 0 aromatic heterocycles. The minimum absolute atomic E-state index is 0.130. The molecule has 1 saturated heterocycles. The highest BCUT2D eigenvalue weighted by atomic mass is 32.2. The highest BCUT2D eigenvalue weighted by Crippen LogP contribution is 2.30. The number of carbonyl (C=O) groups excluding carboxylic acids is 1. The summed E-state index contributed by atoms with van der Waals surface area (Å²) in [7, 11) is 0.